The van der Waals surface area contributed by atoms with E-state index in [1.165, 1.54) is 6.26 Å². The van der Waals surface area contributed by atoms with Crippen LogP contribution in [0.5, 0.6) is 0 Å². The number of ether oxygens (including phenoxy) is 1. The van der Waals surface area contributed by atoms with E-state index in [2.05, 4.69) is 22.0 Å². The summed E-state index contributed by atoms with van der Waals surface area (Å²) < 4.78 is 4.84. The maximum Gasteiger partial charge on any atom is 0.291 e. The molecule has 2 aromatic rings. The van der Waals surface area contributed by atoms with Crippen LogP contribution in [0.1, 0.15) is 10.5 Å². The van der Waals surface area contributed by atoms with Crippen molar-refractivity contribution in [3.63, 3.8) is 0 Å². The first-order chi connectivity index (χ1) is 8.81. The molecular weight excluding hydrogens is 234 g/mol. The van der Waals surface area contributed by atoms with Crippen LogP contribution in [0.2, 0.25) is 0 Å². The Morgan fingerprint density at radius 1 is 1.56 bits per heavy atom. The van der Waals surface area contributed by atoms with Crippen molar-refractivity contribution < 1.29 is 14.4 Å². The molecule has 0 aliphatic carbocycles. The SMILES string of the molecule is C=COCCONC(=O)c1cc2cnccc2[nH]1. The second-order valence-corrected chi connectivity index (χ2v) is 3.46. The van der Waals surface area contributed by atoms with Gasteiger partial charge in [0.25, 0.3) is 5.91 Å². The molecule has 0 saturated heterocycles. The number of aromatic nitrogens is 2. The molecule has 2 aromatic heterocycles. The fourth-order valence-electron chi connectivity index (χ4n) is 1.44. The summed E-state index contributed by atoms with van der Waals surface area (Å²) in [6.45, 7) is 3.97. The fraction of sp³-hybridized carbons (Fsp3) is 0.167. The largest absolute Gasteiger partial charge is 0.499 e. The normalized spacial score (nSPS) is 10.2. The number of amides is 1. The molecule has 0 atom stereocenters. The van der Waals surface area contributed by atoms with Crippen molar-refractivity contribution >= 4 is 16.8 Å². The van der Waals surface area contributed by atoms with Gasteiger partial charge in [-0.15, -0.1) is 0 Å². The molecule has 6 heteroatoms. The number of rotatable bonds is 6. The van der Waals surface area contributed by atoms with Gasteiger partial charge in [0.15, 0.2) is 0 Å². The Morgan fingerprint density at radius 3 is 3.22 bits per heavy atom. The molecule has 94 valence electrons. The summed E-state index contributed by atoms with van der Waals surface area (Å²) in [5.41, 5.74) is 3.59. The first-order valence-corrected chi connectivity index (χ1v) is 5.38. The lowest BCUT2D eigenvalue weighted by Crippen LogP contribution is -2.25. The Labute approximate surface area is 104 Å². The molecule has 6 nitrogen and oxygen atoms in total. The predicted molar refractivity (Wildman–Crippen MR) is 65.7 cm³/mol. The standard InChI is InChI=1S/C12H13N3O3/c1-2-17-5-6-18-15-12(16)11-7-9-8-13-4-3-10(9)14-11/h2-4,7-8,14H,1,5-6H2,(H,15,16). The van der Waals surface area contributed by atoms with Gasteiger partial charge in [-0.1, -0.05) is 6.58 Å². The van der Waals surface area contributed by atoms with E-state index in [1.807, 2.05) is 0 Å². The number of fused-ring (bicyclic) bond motifs is 1. The Morgan fingerprint density at radius 2 is 2.44 bits per heavy atom. The van der Waals surface area contributed by atoms with Gasteiger partial charge in [0, 0.05) is 23.3 Å². The highest BCUT2D eigenvalue weighted by Crippen LogP contribution is 2.12. The van der Waals surface area contributed by atoms with E-state index in [4.69, 9.17) is 9.57 Å². The number of nitrogens with one attached hydrogen (secondary N) is 2. The van der Waals surface area contributed by atoms with Crippen LogP contribution in [0.3, 0.4) is 0 Å². The highest BCUT2D eigenvalue weighted by molar-refractivity contribution is 5.97. The van der Waals surface area contributed by atoms with Gasteiger partial charge >= 0.3 is 0 Å². The maximum absolute atomic E-state index is 11.7. The highest BCUT2D eigenvalue weighted by Gasteiger charge is 2.08. The molecule has 0 aliphatic rings. The van der Waals surface area contributed by atoms with Gasteiger partial charge in [-0.3, -0.25) is 14.6 Å². The lowest BCUT2D eigenvalue weighted by atomic mass is 10.3. The first-order valence-electron chi connectivity index (χ1n) is 5.38. The summed E-state index contributed by atoms with van der Waals surface area (Å²) in [6.07, 6.45) is 4.65. The van der Waals surface area contributed by atoms with E-state index in [0.29, 0.717) is 12.3 Å². The number of H-pyrrole nitrogens is 1. The van der Waals surface area contributed by atoms with Crippen molar-refractivity contribution in [3.8, 4) is 0 Å². The summed E-state index contributed by atoms with van der Waals surface area (Å²) in [4.78, 5) is 23.6. The average molecular weight is 247 g/mol. The Bertz CT molecular complexity index is 517. The highest BCUT2D eigenvalue weighted by atomic mass is 16.7. The van der Waals surface area contributed by atoms with Crippen LogP contribution < -0.4 is 5.48 Å². The molecule has 2 heterocycles. The van der Waals surface area contributed by atoms with E-state index in [9.17, 15) is 4.79 Å². The summed E-state index contributed by atoms with van der Waals surface area (Å²) >= 11 is 0. The van der Waals surface area contributed by atoms with Crippen molar-refractivity contribution in [2.75, 3.05) is 13.2 Å². The van der Waals surface area contributed by atoms with E-state index in [0.717, 1.165) is 10.9 Å². The third kappa shape index (κ3) is 2.86. The maximum atomic E-state index is 11.7. The number of hydrogen-bond donors (Lipinski definition) is 2. The zero-order chi connectivity index (χ0) is 12.8. The van der Waals surface area contributed by atoms with Crippen LogP contribution in [0.15, 0.2) is 37.4 Å². The lowest BCUT2D eigenvalue weighted by Gasteiger charge is -2.04. The summed E-state index contributed by atoms with van der Waals surface area (Å²) in [6, 6.07) is 3.51. The molecule has 0 bridgehead atoms. The topological polar surface area (TPSA) is 76.2 Å². The molecule has 0 radical (unpaired) electrons. The van der Waals surface area contributed by atoms with Crippen LogP contribution >= 0.6 is 0 Å². The van der Waals surface area contributed by atoms with Crippen molar-refractivity contribution in [3.05, 3.63) is 43.1 Å². The van der Waals surface area contributed by atoms with Crippen molar-refractivity contribution in [1.29, 1.82) is 0 Å². The zero-order valence-electron chi connectivity index (χ0n) is 9.68. The molecule has 18 heavy (non-hydrogen) atoms. The van der Waals surface area contributed by atoms with Crippen molar-refractivity contribution in [1.82, 2.24) is 15.4 Å². The van der Waals surface area contributed by atoms with Gasteiger partial charge in [-0.05, 0) is 12.1 Å². The van der Waals surface area contributed by atoms with Crippen molar-refractivity contribution in [2.45, 2.75) is 0 Å². The minimum Gasteiger partial charge on any atom is -0.499 e. The summed E-state index contributed by atoms with van der Waals surface area (Å²) in [5, 5.41) is 0.873. The molecule has 1 amide bonds. The number of aromatic amines is 1. The van der Waals surface area contributed by atoms with E-state index < -0.39 is 0 Å². The summed E-state index contributed by atoms with van der Waals surface area (Å²) in [7, 11) is 0. The monoisotopic (exact) mass is 247 g/mol. The van der Waals surface area contributed by atoms with E-state index >= 15 is 0 Å². The van der Waals surface area contributed by atoms with Crippen LogP contribution in [-0.2, 0) is 9.57 Å². The molecule has 0 aromatic carbocycles. The number of nitrogens with zero attached hydrogens (tertiary/aromatic N) is 1. The summed E-state index contributed by atoms with van der Waals surface area (Å²) in [5.74, 6) is -0.343. The minimum absolute atomic E-state index is 0.250. The molecule has 0 unspecified atom stereocenters. The van der Waals surface area contributed by atoms with Crippen LogP contribution in [0.25, 0.3) is 10.9 Å². The van der Waals surface area contributed by atoms with Crippen LogP contribution in [-0.4, -0.2) is 29.1 Å². The van der Waals surface area contributed by atoms with Gasteiger partial charge < -0.3 is 9.72 Å². The molecule has 0 saturated carbocycles. The van der Waals surface area contributed by atoms with Gasteiger partial charge in [-0.2, -0.15) is 0 Å². The fourth-order valence-corrected chi connectivity index (χ4v) is 1.44. The second-order valence-electron chi connectivity index (χ2n) is 3.46. The number of hydrogen-bond acceptors (Lipinski definition) is 4. The number of pyridine rings is 1. The molecule has 0 fully saturated rings. The van der Waals surface area contributed by atoms with Gasteiger partial charge in [0.05, 0.1) is 6.26 Å². The molecule has 0 spiro atoms. The number of carbonyl (C=O) groups is 1. The van der Waals surface area contributed by atoms with Crippen molar-refractivity contribution in [2.24, 2.45) is 0 Å². The van der Waals surface area contributed by atoms with E-state index in [1.54, 1.807) is 24.5 Å². The Kier molecular flexibility index (Phi) is 3.93. The van der Waals surface area contributed by atoms with Gasteiger partial charge in [0.1, 0.15) is 18.9 Å². The first kappa shape index (κ1) is 12.1. The average Bonchev–Trinajstić information content (AvgIpc) is 2.82. The lowest BCUT2D eigenvalue weighted by molar-refractivity contribution is 0.0142. The number of hydroxylamine groups is 1. The van der Waals surface area contributed by atoms with E-state index in [-0.39, 0.29) is 12.5 Å². The predicted octanol–water partition coefficient (Wildman–Crippen LogP) is 1.38. The van der Waals surface area contributed by atoms with Crippen LogP contribution in [0, 0.1) is 0 Å². The van der Waals surface area contributed by atoms with Gasteiger partial charge in [0.2, 0.25) is 0 Å². The molecule has 2 rings (SSSR count). The van der Waals surface area contributed by atoms with Crippen LogP contribution in [0.4, 0.5) is 0 Å². The quantitative estimate of drug-likeness (QED) is 0.459. The third-order valence-corrected chi connectivity index (χ3v) is 2.25. The minimum atomic E-state index is -0.343. The zero-order valence-corrected chi connectivity index (χ0v) is 9.68. The number of carbonyl (C=O) groups excluding carboxylic acids is 1. The molecule has 0 aliphatic heterocycles. The van der Waals surface area contributed by atoms with Gasteiger partial charge in [-0.25, -0.2) is 5.48 Å². The second kappa shape index (κ2) is 5.83. The molecule has 2 N–H and O–H groups in total. The Balaban J connectivity index is 1.90. The molecular formula is C12H13N3O3. The Hall–Kier alpha value is -2.34. The third-order valence-electron chi connectivity index (χ3n) is 2.25. The smallest absolute Gasteiger partial charge is 0.291 e.